The lowest BCUT2D eigenvalue weighted by Gasteiger charge is -2.23. The molecule has 19 heavy (non-hydrogen) atoms. The van der Waals surface area contributed by atoms with Crippen molar-refractivity contribution in [1.29, 1.82) is 5.26 Å². The summed E-state index contributed by atoms with van der Waals surface area (Å²) in [6.45, 7) is 0.235. The van der Waals surface area contributed by atoms with E-state index in [0.717, 1.165) is 25.7 Å². The Morgan fingerprint density at radius 1 is 1.26 bits per heavy atom. The number of carbonyl (C=O) groups is 1. The first-order valence-corrected chi connectivity index (χ1v) is 8.31. The SMILES string of the molecule is N#CC1(C(=O)NCCCS(N)(=O)=O)CCCCCC1. The number of nitrogens with two attached hydrogens (primary N) is 1. The third-order valence-corrected chi connectivity index (χ3v) is 4.35. The first kappa shape index (κ1) is 15.9. The number of nitrogens with zero attached hydrogens (tertiary/aromatic N) is 1. The van der Waals surface area contributed by atoms with Gasteiger partial charge in [0.15, 0.2) is 0 Å². The molecule has 3 N–H and O–H groups in total. The monoisotopic (exact) mass is 287 g/mol. The van der Waals surface area contributed by atoms with Crippen LogP contribution in [-0.2, 0) is 14.8 Å². The van der Waals surface area contributed by atoms with E-state index in [1.165, 1.54) is 0 Å². The van der Waals surface area contributed by atoms with E-state index < -0.39 is 15.4 Å². The molecule has 0 bridgehead atoms. The van der Waals surface area contributed by atoms with Crippen LogP contribution in [0.15, 0.2) is 0 Å². The molecular formula is C12H21N3O3S. The topological polar surface area (TPSA) is 113 Å². The molecule has 6 nitrogen and oxygen atoms in total. The molecule has 1 rings (SSSR count). The Labute approximate surface area is 114 Å². The highest BCUT2D eigenvalue weighted by atomic mass is 32.2. The number of rotatable bonds is 5. The van der Waals surface area contributed by atoms with Crippen LogP contribution in [-0.4, -0.2) is 26.6 Å². The minimum absolute atomic E-state index is 0.160. The smallest absolute Gasteiger partial charge is 0.240 e. The Bertz CT molecular complexity index is 445. The summed E-state index contributed by atoms with van der Waals surface area (Å²) in [5.74, 6) is -0.432. The third-order valence-electron chi connectivity index (χ3n) is 3.50. The molecule has 0 unspecified atom stereocenters. The number of amides is 1. The summed E-state index contributed by atoms with van der Waals surface area (Å²) >= 11 is 0. The van der Waals surface area contributed by atoms with E-state index in [4.69, 9.17) is 5.14 Å². The molecule has 0 atom stereocenters. The van der Waals surface area contributed by atoms with Gasteiger partial charge in [-0.25, -0.2) is 13.6 Å². The maximum Gasteiger partial charge on any atom is 0.240 e. The molecule has 0 spiro atoms. The van der Waals surface area contributed by atoms with Gasteiger partial charge in [-0.3, -0.25) is 4.79 Å². The Balaban J connectivity index is 2.48. The van der Waals surface area contributed by atoms with Gasteiger partial charge in [-0.15, -0.1) is 0 Å². The molecule has 1 aliphatic carbocycles. The number of nitriles is 1. The standard InChI is InChI=1S/C12H21N3O3S/c13-10-12(6-3-1-2-4-7-12)11(16)15-8-5-9-19(14,17)18/h1-9H2,(H,15,16)(H2,14,17,18). The quantitative estimate of drug-likeness (QED) is 0.570. The Kier molecular flexibility index (Phi) is 5.76. The van der Waals surface area contributed by atoms with Crippen molar-refractivity contribution in [2.24, 2.45) is 10.6 Å². The minimum atomic E-state index is -3.49. The van der Waals surface area contributed by atoms with E-state index in [0.29, 0.717) is 12.8 Å². The zero-order chi connectivity index (χ0) is 14.4. The highest BCUT2D eigenvalue weighted by molar-refractivity contribution is 7.89. The molecule has 0 aromatic rings. The number of carbonyl (C=O) groups excluding carboxylic acids is 1. The summed E-state index contributed by atoms with van der Waals surface area (Å²) in [6, 6.07) is 2.16. The zero-order valence-corrected chi connectivity index (χ0v) is 11.8. The van der Waals surface area contributed by atoms with Gasteiger partial charge in [0.2, 0.25) is 15.9 Å². The van der Waals surface area contributed by atoms with Crippen LogP contribution >= 0.6 is 0 Å². The second-order valence-corrected chi connectivity index (χ2v) is 6.82. The van der Waals surface area contributed by atoms with Crippen LogP contribution < -0.4 is 10.5 Å². The second kappa shape index (κ2) is 6.87. The van der Waals surface area contributed by atoms with E-state index in [1.54, 1.807) is 0 Å². The van der Waals surface area contributed by atoms with E-state index in [2.05, 4.69) is 11.4 Å². The second-order valence-electron chi connectivity index (χ2n) is 5.08. The average molecular weight is 287 g/mol. The predicted octanol–water partition coefficient (Wildman–Crippen LogP) is 0.645. The molecule has 7 heteroatoms. The van der Waals surface area contributed by atoms with E-state index >= 15 is 0 Å². The van der Waals surface area contributed by atoms with E-state index in [1.807, 2.05) is 0 Å². The average Bonchev–Trinajstić information content (AvgIpc) is 2.59. The van der Waals surface area contributed by atoms with Gasteiger partial charge in [-0.1, -0.05) is 25.7 Å². The summed E-state index contributed by atoms with van der Waals surface area (Å²) in [5.41, 5.74) is -0.932. The van der Waals surface area contributed by atoms with Crippen molar-refractivity contribution in [3.05, 3.63) is 0 Å². The summed E-state index contributed by atoms with van der Waals surface area (Å²) in [5, 5.41) is 16.8. The molecule has 0 heterocycles. The summed E-state index contributed by atoms with van der Waals surface area (Å²) < 4.78 is 21.5. The Morgan fingerprint density at radius 3 is 2.32 bits per heavy atom. The maximum absolute atomic E-state index is 12.1. The highest BCUT2D eigenvalue weighted by Gasteiger charge is 2.38. The summed E-state index contributed by atoms with van der Waals surface area (Å²) in [4.78, 5) is 12.1. The fourth-order valence-electron chi connectivity index (χ4n) is 2.37. The van der Waals surface area contributed by atoms with Gasteiger partial charge in [0.25, 0.3) is 0 Å². The fraction of sp³-hybridized carbons (Fsp3) is 0.833. The van der Waals surface area contributed by atoms with Crippen molar-refractivity contribution in [2.75, 3.05) is 12.3 Å². The zero-order valence-electron chi connectivity index (χ0n) is 11.0. The van der Waals surface area contributed by atoms with Gasteiger partial charge < -0.3 is 5.32 Å². The Morgan fingerprint density at radius 2 is 1.84 bits per heavy atom. The lowest BCUT2D eigenvalue weighted by atomic mass is 9.81. The van der Waals surface area contributed by atoms with Crippen molar-refractivity contribution in [3.8, 4) is 6.07 Å². The normalized spacial score (nSPS) is 19.2. The van der Waals surface area contributed by atoms with E-state index in [-0.39, 0.29) is 24.6 Å². The van der Waals surface area contributed by atoms with Crippen molar-refractivity contribution >= 4 is 15.9 Å². The number of hydrogen-bond acceptors (Lipinski definition) is 4. The lowest BCUT2D eigenvalue weighted by molar-refractivity contribution is -0.128. The highest BCUT2D eigenvalue weighted by Crippen LogP contribution is 2.34. The minimum Gasteiger partial charge on any atom is -0.355 e. The van der Waals surface area contributed by atoms with Gasteiger partial charge in [-0.2, -0.15) is 5.26 Å². The molecule has 0 aromatic heterocycles. The van der Waals surface area contributed by atoms with Crippen molar-refractivity contribution in [2.45, 2.75) is 44.9 Å². The van der Waals surface area contributed by atoms with Gasteiger partial charge in [-0.05, 0) is 19.3 Å². The van der Waals surface area contributed by atoms with Crippen LogP contribution in [0.25, 0.3) is 0 Å². The van der Waals surface area contributed by atoms with Crippen LogP contribution in [0.2, 0.25) is 0 Å². The van der Waals surface area contributed by atoms with Crippen LogP contribution in [0.4, 0.5) is 0 Å². The van der Waals surface area contributed by atoms with Crippen molar-refractivity contribution in [3.63, 3.8) is 0 Å². The number of hydrogen-bond donors (Lipinski definition) is 2. The molecule has 0 radical (unpaired) electrons. The molecule has 0 saturated heterocycles. The number of nitrogens with one attached hydrogen (secondary N) is 1. The molecule has 1 amide bonds. The molecule has 1 saturated carbocycles. The first-order valence-electron chi connectivity index (χ1n) is 6.60. The van der Waals surface area contributed by atoms with Crippen molar-refractivity contribution in [1.82, 2.24) is 5.32 Å². The molecule has 1 fully saturated rings. The number of sulfonamides is 1. The molecule has 108 valence electrons. The van der Waals surface area contributed by atoms with E-state index in [9.17, 15) is 18.5 Å². The van der Waals surface area contributed by atoms with Crippen molar-refractivity contribution < 1.29 is 13.2 Å². The Hall–Kier alpha value is -1.13. The van der Waals surface area contributed by atoms with Crippen LogP contribution in [0.1, 0.15) is 44.9 Å². The van der Waals surface area contributed by atoms with Gasteiger partial charge >= 0.3 is 0 Å². The first-order chi connectivity index (χ1) is 8.90. The predicted molar refractivity (Wildman–Crippen MR) is 71.3 cm³/mol. The van der Waals surface area contributed by atoms with Crippen LogP contribution in [0.5, 0.6) is 0 Å². The third kappa shape index (κ3) is 5.17. The molecular weight excluding hydrogens is 266 g/mol. The largest absolute Gasteiger partial charge is 0.355 e. The number of primary sulfonamides is 1. The lowest BCUT2D eigenvalue weighted by Crippen LogP contribution is -2.40. The van der Waals surface area contributed by atoms with Crippen LogP contribution in [0, 0.1) is 16.7 Å². The van der Waals surface area contributed by atoms with Crippen LogP contribution in [0.3, 0.4) is 0 Å². The molecule has 0 aliphatic heterocycles. The fourth-order valence-corrected chi connectivity index (χ4v) is 2.91. The summed E-state index contributed by atoms with van der Waals surface area (Å²) in [7, 11) is -3.49. The van der Waals surface area contributed by atoms with Gasteiger partial charge in [0, 0.05) is 6.54 Å². The van der Waals surface area contributed by atoms with Gasteiger partial charge in [0.1, 0.15) is 5.41 Å². The molecule has 0 aromatic carbocycles. The molecule has 1 aliphatic rings. The summed E-state index contributed by atoms with van der Waals surface area (Å²) in [6.07, 6.45) is 5.34. The van der Waals surface area contributed by atoms with Gasteiger partial charge in [0.05, 0.1) is 11.8 Å². The maximum atomic E-state index is 12.1.